The minimum absolute atomic E-state index is 0. The Morgan fingerprint density at radius 1 is 1.23 bits per heavy atom. The number of nitrogens with two attached hydrogens (primary N) is 1. The van der Waals surface area contributed by atoms with Gasteiger partial charge in [-0.05, 0) is 31.4 Å². The van der Waals surface area contributed by atoms with Gasteiger partial charge in [0.15, 0.2) is 5.96 Å². The molecule has 1 saturated carbocycles. The summed E-state index contributed by atoms with van der Waals surface area (Å²) in [6, 6.07) is 9.89. The SMILES string of the molecule is CCCOC1(CN=C(N)Nc2ccccc2)CCCCC1.I. The zero-order chi connectivity index (χ0) is 15.0. The summed E-state index contributed by atoms with van der Waals surface area (Å²) in [6.45, 7) is 3.60. The topological polar surface area (TPSA) is 59.6 Å². The van der Waals surface area contributed by atoms with E-state index in [2.05, 4.69) is 17.2 Å². The summed E-state index contributed by atoms with van der Waals surface area (Å²) in [5, 5.41) is 3.13. The quantitative estimate of drug-likeness (QED) is 0.415. The van der Waals surface area contributed by atoms with E-state index in [-0.39, 0.29) is 29.6 Å². The number of anilines is 1. The molecule has 3 N–H and O–H groups in total. The number of halogens is 1. The molecule has 1 fully saturated rings. The van der Waals surface area contributed by atoms with E-state index in [1.54, 1.807) is 0 Å². The number of rotatable bonds is 6. The molecule has 1 aromatic rings. The zero-order valence-electron chi connectivity index (χ0n) is 13.4. The third-order valence-corrected chi connectivity index (χ3v) is 3.96. The fourth-order valence-corrected chi connectivity index (χ4v) is 2.80. The molecule has 4 nitrogen and oxygen atoms in total. The standard InChI is InChI=1S/C17H27N3O.HI/c1-2-13-21-17(11-7-4-8-12-17)14-19-16(18)20-15-9-5-3-6-10-15;/h3,5-6,9-10H,2,4,7-8,11-14H2,1H3,(H3,18,19,20);1H. The number of para-hydroxylation sites is 1. The normalized spacial score (nSPS) is 17.6. The van der Waals surface area contributed by atoms with Crippen LogP contribution in [0.5, 0.6) is 0 Å². The summed E-state index contributed by atoms with van der Waals surface area (Å²) >= 11 is 0. The molecule has 0 saturated heterocycles. The van der Waals surface area contributed by atoms with Gasteiger partial charge in [0.25, 0.3) is 0 Å². The number of guanidine groups is 1. The molecule has 0 aliphatic heterocycles. The van der Waals surface area contributed by atoms with Gasteiger partial charge in [-0.3, -0.25) is 4.99 Å². The molecule has 124 valence electrons. The van der Waals surface area contributed by atoms with E-state index in [9.17, 15) is 0 Å². The summed E-state index contributed by atoms with van der Waals surface area (Å²) in [4.78, 5) is 4.53. The van der Waals surface area contributed by atoms with Crippen LogP contribution < -0.4 is 11.1 Å². The first-order valence-electron chi connectivity index (χ1n) is 8.00. The molecule has 0 heterocycles. The van der Waals surface area contributed by atoms with Gasteiger partial charge in [-0.25, -0.2) is 0 Å². The highest BCUT2D eigenvalue weighted by Gasteiger charge is 2.32. The van der Waals surface area contributed by atoms with E-state index in [0.717, 1.165) is 31.6 Å². The molecule has 1 aliphatic carbocycles. The second-order valence-electron chi connectivity index (χ2n) is 5.78. The molecule has 0 atom stereocenters. The van der Waals surface area contributed by atoms with E-state index in [1.165, 1.54) is 19.3 Å². The number of ether oxygens (including phenoxy) is 1. The van der Waals surface area contributed by atoms with Crippen LogP contribution in [0.2, 0.25) is 0 Å². The molecule has 5 heteroatoms. The summed E-state index contributed by atoms with van der Waals surface area (Å²) in [5.41, 5.74) is 6.86. The van der Waals surface area contributed by atoms with Crippen LogP contribution in [0.4, 0.5) is 5.69 Å². The van der Waals surface area contributed by atoms with Crippen LogP contribution in [0.3, 0.4) is 0 Å². The number of nitrogens with zero attached hydrogens (tertiary/aromatic N) is 1. The largest absolute Gasteiger partial charge is 0.373 e. The Bertz CT molecular complexity index is 444. The van der Waals surface area contributed by atoms with Crippen LogP contribution in [0.15, 0.2) is 35.3 Å². The molecular formula is C17H28IN3O. The lowest BCUT2D eigenvalue weighted by Gasteiger charge is -2.36. The Hall–Kier alpha value is -0.820. The van der Waals surface area contributed by atoms with E-state index >= 15 is 0 Å². The van der Waals surface area contributed by atoms with Crippen molar-refractivity contribution in [3.8, 4) is 0 Å². The first kappa shape index (κ1) is 19.2. The monoisotopic (exact) mass is 417 g/mol. The van der Waals surface area contributed by atoms with E-state index in [1.807, 2.05) is 30.3 Å². The van der Waals surface area contributed by atoms with Crippen molar-refractivity contribution in [1.29, 1.82) is 0 Å². The second kappa shape index (κ2) is 10.0. The van der Waals surface area contributed by atoms with Crippen molar-refractivity contribution in [2.45, 2.75) is 51.0 Å². The molecule has 2 rings (SSSR count). The second-order valence-corrected chi connectivity index (χ2v) is 5.78. The molecule has 1 aromatic carbocycles. The summed E-state index contributed by atoms with van der Waals surface area (Å²) < 4.78 is 6.13. The predicted molar refractivity (Wildman–Crippen MR) is 104 cm³/mol. The lowest BCUT2D eigenvalue weighted by Crippen LogP contribution is -2.39. The molecule has 1 aliphatic rings. The van der Waals surface area contributed by atoms with Gasteiger partial charge in [0.2, 0.25) is 0 Å². The third-order valence-electron chi connectivity index (χ3n) is 3.96. The molecule has 0 spiro atoms. The average molecular weight is 417 g/mol. The number of hydrogen-bond acceptors (Lipinski definition) is 2. The lowest BCUT2D eigenvalue weighted by atomic mass is 9.84. The summed E-state index contributed by atoms with van der Waals surface area (Å²) in [7, 11) is 0. The van der Waals surface area contributed by atoms with Gasteiger partial charge >= 0.3 is 0 Å². The Balaban J connectivity index is 0.00000242. The Kier molecular flexibility index (Phi) is 8.78. The van der Waals surface area contributed by atoms with E-state index < -0.39 is 0 Å². The first-order chi connectivity index (χ1) is 10.2. The van der Waals surface area contributed by atoms with E-state index in [0.29, 0.717) is 12.5 Å². The molecule has 0 amide bonds. The van der Waals surface area contributed by atoms with Gasteiger partial charge in [-0.15, -0.1) is 24.0 Å². The number of hydrogen-bond donors (Lipinski definition) is 2. The van der Waals surface area contributed by atoms with Gasteiger partial charge in [0.1, 0.15) is 0 Å². The first-order valence-corrected chi connectivity index (χ1v) is 8.00. The van der Waals surface area contributed by atoms with Crippen molar-refractivity contribution in [3.05, 3.63) is 30.3 Å². The fourth-order valence-electron chi connectivity index (χ4n) is 2.80. The fraction of sp³-hybridized carbons (Fsp3) is 0.588. The van der Waals surface area contributed by atoms with Crippen molar-refractivity contribution in [2.24, 2.45) is 10.7 Å². The molecule has 0 radical (unpaired) electrons. The average Bonchev–Trinajstić information content (AvgIpc) is 2.53. The Morgan fingerprint density at radius 2 is 1.91 bits per heavy atom. The van der Waals surface area contributed by atoms with Gasteiger partial charge in [0, 0.05) is 12.3 Å². The summed E-state index contributed by atoms with van der Waals surface area (Å²) in [5.74, 6) is 0.464. The minimum atomic E-state index is -0.1000. The van der Waals surface area contributed by atoms with Gasteiger partial charge < -0.3 is 15.8 Å². The predicted octanol–water partition coefficient (Wildman–Crippen LogP) is 4.16. The lowest BCUT2D eigenvalue weighted by molar-refractivity contribution is -0.0624. The minimum Gasteiger partial charge on any atom is -0.373 e. The van der Waals surface area contributed by atoms with Crippen molar-refractivity contribution >= 4 is 35.6 Å². The molecule has 0 aromatic heterocycles. The van der Waals surface area contributed by atoms with Gasteiger partial charge in [-0.2, -0.15) is 0 Å². The number of nitrogens with one attached hydrogen (secondary N) is 1. The van der Waals surface area contributed by atoms with Crippen molar-refractivity contribution < 1.29 is 4.74 Å². The molecule has 0 bridgehead atoms. The highest BCUT2D eigenvalue weighted by Crippen LogP contribution is 2.32. The number of benzene rings is 1. The van der Waals surface area contributed by atoms with Gasteiger partial charge in [0.05, 0.1) is 12.1 Å². The van der Waals surface area contributed by atoms with E-state index in [4.69, 9.17) is 10.5 Å². The van der Waals surface area contributed by atoms with Crippen molar-refractivity contribution in [2.75, 3.05) is 18.5 Å². The van der Waals surface area contributed by atoms with Crippen LogP contribution in [0.25, 0.3) is 0 Å². The third kappa shape index (κ3) is 6.12. The molecule has 0 unspecified atom stereocenters. The zero-order valence-corrected chi connectivity index (χ0v) is 15.7. The number of aliphatic imine (C=N–C) groups is 1. The Labute approximate surface area is 150 Å². The summed E-state index contributed by atoms with van der Waals surface area (Å²) in [6.07, 6.45) is 6.99. The van der Waals surface area contributed by atoms with Crippen LogP contribution in [0, 0.1) is 0 Å². The highest BCUT2D eigenvalue weighted by molar-refractivity contribution is 14.0. The highest BCUT2D eigenvalue weighted by atomic mass is 127. The van der Waals surface area contributed by atoms with Crippen LogP contribution in [-0.4, -0.2) is 24.7 Å². The van der Waals surface area contributed by atoms with Crippen LogP contribution in [-0.2, 0) is 4.74 Å². The van der Waals surface area contributed by atoms with Crippen molar-refractivity contribution in [3.63, 3.8) is 0 Å². The maximum absolute atomic E-state index is 6.13. The smallest absolute Gasteiger partial charge is 0.193 e. The molecule has 22 heavy (non-hydrogen) atoms. The maximum atomic E-state index is 6.13. The molecular weight excluding hydrogens is 389 g/mol. The maximum Gasteiger partial charge on any atom is 0.193 e. The van der Waals surface area contributed by atoms with Crippen molar-refractivity contribution in [1.82, 2.24) is 0 Å². The van der Waals surface area contributed by atoms with Crippen LogP contribution in [0.1, 0.15) is 45.4 Å². The van der Waals surface area contributed by atoms with Crippen LogP contribution >= 0.6 is 24.0 Å². The Morgan fingerprint density at radius 3 is 2.55 bits per heavy atom. The van der Waals surface area contributed by atoms with Gasteiger partial charge in [-0.1, -0.05) is 44.4 Å².